The first-order chi connectivity index (χ1) is 13.6. The second kappa shape index (κ2) is 9.78. The summed E-state index contributed by atoms with van der Waals surface area (Å²) in [6, 6.07) is 21.1. The number of nitrogens with one attached hydrogen (secondary N) is 1. The number of hydrogen-bond acceptors (Lipinski definition) is 3. The molecule has 0 saturated heterocycles. The molecular formula is C22H19Cl2NO2S. The highest BCUT2D eigenvalue weighted by atomic mass is 35.5. The molecule has 0 heterocycles. The van der Waals surface area contributed by atoms with Gasteiger partial charge in [0.25, 0.3) is 0 Å². The minimum absolute atomic E-state index is 0.350. The van der Waals surface area contributed by atoms with Gasteiger partial charge < -0.3 is 14.8 Å². The third-order valence-corrected chi connectivity index (χ3v) is 5.22. The van der Waals surface area contributed by atoms with Crippen LogP contribution in [0.2, 0.25) is 10.0 Å². The molecule has 0 aliphatic rings. The van der Waals surface area contributed by atoms with Gasteiger partial charge in [-0.1, -0.05) is 71.8 Å². The molecule has 0 amide bonds. The van der Waals surface area contributed by atoms with Crippen molar-refractivity contribution in [2.75, 3.05) is 7.11 Å². The monoisotopic (exact) mass is 431 g/mol. The lowest BCUT2D eigenvalue weighted by molar-refractivity contribution is 0.284. The predicted octanol–water partition coefficient (Wildman–Crippen LogP) is 6.05. The average molecular weight is 432 g/mol. The van der Waals surface area contributed by atoms with E-state index in [1.807, 2.05) is 42.5 Å². The van der Waals surface area contributed by atoms with Gasteiger partial charge in [0, 0.05) is 12.1 Å². The summed E-state index contributed by atoms with van der Waals surface area (Å²) in [6.45, 7) is 1.01. The SMILES string of the molecule is COc1cc(C(=S)NCc2ccccc2)ccc1OCc1ccc(Cl)c(Cl)c1. The first-order valence-corrected chi connectivity index (χ1v) is 9.80. The number of hydrogen-bond donors (Lipinski definition) is 1. The van der Waals surface area contributed by atoms with Gasteiger partial charge in [0.2, 0.25) is 0 Å². The van der Waals surface area contributed by atoms with Crippen LogP contribution in [0.1, 0.15) is 16.7 Å². The van der Waals surface area contributed by atoms with Crippen LogP contribution in [-0.4, -0.2) is 12.1 Å². The molecule has 3 aromatic rings. The molecular weight excluding hydrogens is 413 g/mol. The standard InChI is InChI=1S/C22H19Cl2NO2S/c1-26-21-12-17(22(28)25-13-15-5-3-2-4-6-15)8-10-20(21)27-14-16-7-9-18(23)19(24)11-16/h2-12H,13-14H2,1H3,(H,25,28). The minimum Gasteiger partial charge on any atom is -0.493 e. The summed E-state index contributed by atoms with van der Waals surface area (Å²) in [5.41, 5.74) is 2.95. The third-order valence-electron chi connectivity index (χ3n) is 4.10. The van der Waals surface area contributed by atoms with Gasteiger partial charge in [0.15, 0.2) is 11.5 Å². The number of ether oxygens (including phenoxy) is 2. The van der Waals surface area contributed by atoms with Crippen LogP contribution in [0.15, 0.2) is 66.7 Å². The zero-order valence-corrected chi connectivity index (χ0v) is 17.6. The van der Waals surface area contributed by atoms with Crippen molar-refractivity contribution in [3.05, 3.63) is 93.5 Å². The van der Waals surface area contributed by atoms with E-state index in [1.165, 1.54) is 5.56 Å². The maximum Gasteiger partial charge on any atom is 0.161 e. The van der Waals surface area contributed by atoms with E-state index < -0.39 is 0 Å². The first-order valence-electron chi connectivity index (χ1n) is 8.63. The van der Waals surface area contributed by atoms with E-state index in [4.69, 9.17) is 44.9 Å². The molecule has 28 heavy (non-hydrogen) atoms. The van der Waals surface area contributed by atoms with E-state index in [2.05, 4.69) is 17.4 Å². The molecule has 6 heteroatoms. The van der Waals surface area contributed by atoms with Gasteiger partial charge in [-0.2, -0.15) is 0 Å². The molecule has 0 atom stereocenters. The Hall–Kier alpha value is -2.27. The molecule has 3 nitrogen and oxygen atoms in total. The summed E-state index contributed by atoms with van der Waals surface area (Å²) >= 11 is 17.5. The van der Waals surface area contributed by atoms with Crippen LogP contribution < -0.4 is 14.8 Å². The zero-order valence-electron chi connectivity index (χ0n) is 15.2. The Labute approximate surface area is 180 Å². The number of halogens is 2. The molecule has 144 valence electrons. The molecule has 3 aromatic carbocycles. The summed E-state index contributed by atoms with van der Waals surface area (Å²) in [4.78, 5) is 0.651. The summed E-state index contributed by atoms with van der Waals surface area (Å²) in [7, 11) is 1.60. The number of methoxy groups -OCH3 is 1. The lowest BCUT2D eigenvalue weighted by Crippen LogP contribution is -2.21. The Morgan fingerprint density at radius 3 is 2.39 bits per heavy atom. The lowest BCUT2D eigenvalue weighted by atomic mass is 10.1. The van der Waals surface area contributed by atoms with Gasteiger partial charge in [-0.3, -0.25) is 0 Å². The molecule has 0 saturated carbocycles. The fourth-order valence-corrected chi connectivity index (χ4v) is 3.12. The molecule has 0 aromatic heterocycles. The molecule has 1 N–H and O–H groups in total. The van der Waals surface area contributed by atoms with Crippen molar-refractivity contribution >= 4 is 40.4 Å². The normalized spacial score (nSPS) is 10.4. The highest BCUT2D eigenvalue weighted by molar-refractivity contribution is 7.80. The molecule has 0 aliphatic carbocycles. The van der Waals surface area contributed by atoms with E-state index in [9.17, 15) is 0 Å². The van der Waals surface area contributed by atoms with E-state index >= 15 is 0 Å². The Balaban J connectivity index is 1.65. The second-order valence-electron chi connectivity index (χ2n) is 6.07. The topological polar surface area (TPSA) is 30.5 Å². The van der Waals surface area contributed by atoms with Crippen molar-refractivity contribution in [2.45, 2.75) is 13.2 Å². The van der Waals surface area contributed by atoms with Crippen molar-refractivity contribution in [1.82, 2.24) is 5.32 Å². The Morgan fingerprint density at radius 1 is 0.893 bits per heavy atom. The fraction of sp³-hybridized carbons (Fsp3) is 0.136. The van der Waals surface area contributed by atoms with Crippen molar-refractivity contribution in [1.29, 1.82) is 0 Å². The molecule has 0 aliphatic heterocycles. The Bertz CT molecular complexity index is 964. The van der Waals surface area contributed by atoms with E-state index in [0.29, 0.717) is 39.7 Å². The van der Waals surface area contributed by atoms with E-state index in [-0.39, 0.29) is 0 Å². The quantitative estimate of drug-likeness (QED) is 0.461. The van der Waals surface area contributed by atoms with Crippen LogP contribution in [0.25, 0.3) is 0 Å². The van der Waals surface area contributed by atoms with E-state index in [1.54, 1.807) is 19.2 Å². The highest BCUT2D eigenvalue weighted by Crippen LogP contribution is 2.30. The number of rotatable bonds is 7. The van der Waals surface area contributed by atoms with E-state index in [0.717, 1.165) is 11.1 Å². The minimum atomic E-state index is 0.350. The third kappa shape index (κ3) is 5.38. The van der Waals surface area contributed by atoms with Crippen LogP contribution in [0.5, 0.6) is 11.5 Å². The van der Waals surface area contributed by atoms with Crippen LogP contribution in [0, 0.1) is 0 Å². The Morgan fingerprint density at radius 2 is 1.68 bits per heavy atom. The molecule has 0 spiro atoms. The molecule has 3 rings (SSSR count). The average Bonchev–Trinajstić information content (AvgIpc) is 2.73. The van der Waals surface area contributed by atoms with Crippen molar-refractivity contribution in [3.63, 3.8) is 0 Å². The number of benzene rings is 3. The molecule has 0 radical (unpaired) electrons. The molecule has 0 fully saturated rings. The van der Waals surface area contributed by atoms with Crippen molar-refractivity contribution in [3.8, 4) is 11.5 Å². The van der Waals surface area contributed by atoms with Gasteiger partial charge in [-0.05, 0) is 41.5 Å². The maximum absolute atomic E-state index is 6.05. The Kier molecular flexibility index (Phi) is 7.15. The van der Waals surface area contributed by atoms with Crippen LogP contribution in [0.3, 0.4) is 0 Å². The van der Waals surface area contributed by atoms with Crippen LogP contribution >= 0.6 is 35.4 Å². The smallest absolute Gasteiger partial charge is 0.161 e. The predicted molar refractivity (Wildman–Crippen MR) is 119 cm³/mol. The van der Waals surface area contributed by atoms with Gasteiger partial charge in [-0.15, -0.1) is 0 Å². The summed E-state index contributed by atoms with van der Waals surface area (Å²) in [5.74, 6) is 1.24. The van der Waals surface area contributed by atoms with Gasteiger partial charge in [0.1, 0.15) is 11.6 Å². The fourth-order valence-electron chi connectivity index (χ4n) is 2.60. The lowest BCUT2D eigenvalue weighted by Gasteiger charge is -2.14. The van der Waals surface area contributed by atoms with Gasteiger partial charge in [-0.25, -0.2) is 0 Å². The van der Waals surface area contributed by atoms with Crippen molar-refractivity contribution in [2.24, 2.45) is 0 Å². The second-order valence-corrected chi connectivity index (χ2v) is 7.29. The summed E-state index contributed by atoms with van der Waals surface area (Å²) < 4.78 is 11.4. The van der Waals surface area contributed by atoms with Crippen molar-refractivity contribution < 1.29 is 9.47 Å². The largest absolute Gasteiger partial charge is 0.493 e. The van der Waals surface area contributed by atoms with Gasteiger partial charge in [0.05, 0.1) is 17.2 Å². The van der Waals surface area contributed by atoms with Gasteiger partial charge >= 0.3 is 0 Å². The zero-order chi connectivity index (χ0) is 19.9. The molecule has 0 unspecified atom stereocenters. The maximum atomic E-state index is 6.05. The molecule has 0 bridgehead atoms. The van der Waals surface area contributed by atoms with Crippen LogP contribution in [-0.2, 0) is 13.2 Å². The highest BCUT2D eigenvalue weighted by Gasteiger charge is 2.10. The number of thiocarbonyl (C=S) groups is 1. The first kappa shape index (κ1) is 20.5. The van der Waals surface area contributed by atoms with Crippen LogP contribution in [0.4, 0.5) is 0 Å². The summed E-state index contributed by atoms with van der Waals surface area (Å²) in [5, 5.41) is 4.28. The summed E-state index contributed by atoms with van der Waals surface area (Å²) in [6.07, 6.45) is 0.